The fraction of sp³-hybridized carbons (Fsp3) is 0.744. The number of aliphatic carboxylic acids is 2. The third-order valence-electron chi connectivity index (χ3n) is 10.2. The van der Waals surface area contributed by atoms with Gasteiger partial charge in [0.05, 0.1) is 25.6 Å². The lowest BCUT2D eigenvalue weighted by atomic mass is 9.96. The van der Waals surface area contributed by atoms with E-state index in [-0.39, 0.29) is 55.9 Å². The molecule has 0 aromatic heterocycles. The Morgan fingerprint density at radius 1 is 0.537 bits per heavy atom. The van der Waals surface area contributed by atoms with Crippen LogP contribution in [0.2, 0.25) is 0 Å². The van der Waals surface area contributed by atoms with Crippen molar-refractivity contribution in [1.29, 1.82) is 0 Å². The average Bonchev–Trinajstić information content (AvgIpc) is 3.21. The first-order valence-electron chi connectivity index (χ1n) is 22.7. The van der Waals surface area contributed by atoms with Crippen LogP contribution in [-0.4, -0.2) is 137 Å². The average molecular weight is 955 g/mol. The Hall–Kier alpha value is -6.07. The maximum Gasteiger partial charge on any atom is 0.326 e. The first-order chi connectivity index (χ1) is 31.1. The minimum absolute atomic E-state index is 0.0142. The van der Waals surface area contributed by atoms with E-state index >= 15 is 0 Å². The van der Waals surface area contributed by atoms with Crippen LogP contribution < -0.4 is 59.7 Å². The smallest absolute Gasteiger partial charge is 0.326 e. The van der Waals surface area contributed by atoms with Crippen molar-refractivity contribution in [2.45, 2.75) is 156 Å². The summed E-state index contributed by atoms with van der Waals surface area (Å²) in [6.45, 7) is 16.4. The molecular weight excluding hydrogens is 877 g/mol. The fourth-order valence-corrected chi connectivity index (χ4v) is 6.47. The molecule has 8 amide bonds. The van der Waals surface area contributed by atoms with E-state index in [0.29, 0.717) is 12.8 Å². The van der Waals surface area contributed by atoms with Crippen LogP contribution in [0, 0.1) is 29.6 Å². The molecule has 24 heteroatoms. The van der Waals surface area contributed by atoms with Gasteiger partial charge in [-0.1, -0.05) is 75.7 Å². The number of nitrogens with two attached hydrogens (primary N) is 3. The zero-order valence-corrected chi connectivity index (χ0v) is 40.7. The van der Waals surface area contributed by atoms with Crippen LogP contribution in [-0.2, 0) is 47.9 Å². The lowest BCUT2D eigenvalue weighted by Gasteiger charge is -2.29. The maximum absolute atomic E-state index is 13.9. The lowest BCUT2D eigenvalue weighted by molar-refractivity contribution is -0.142. The van der Waals surface area contributed by atoms with Gasteiger partial charge in [-0.3, -0.25) is 48.1 Å². The number of nitrogens with one attached hydrogen (secondary N) is 8. The Bertz CT molecular complexity index is 1720. The zero-order chi connectivity index (χ0) is 51.7. The molecule has 0 spiro atoms. The number of carboxylic acid groups (broad SMARTS) is 2. The minimum Gasteiger partial charge on any atom is -0.481 e. The molecule has 16 N–H and O–H groups in total. The lowest BCUT2D eigenvalue weighted by Crippen LogP contribution is -2.60. The first kappa shape index (κ1) is 60.9. The predicted octanol–water partition coefficient (Wildman–Crippen LogP) is -2.09. The van der Waals surface area contributed by atoms with Crippen molar-refractivity contribution in [1.82, 2.24) is 42.5 Å². The van der Waals surface area contributed by atoms with Crippen LogP contribution >= 0.6 is 0 Å². The number of aliphatic imine (C=N–C) groups is 1. The Balaban J connectivity index is 5.99. The molecule has 0 aliphatic heterocycles. The fourth-order valence-electron chi connectivity index (χ4n) is 6.47. The van der Waals surface area contributed by atoms with E-state index in [1.807, 2.05) is 13.8 Å². The molecule has 0 radical (unpaired) electrons. The predicted molar refractivity (Wildman–Crippen MR) is 248 cm³/mol. The summed E-state index contributed by atoms with van der Waals surface area (Å²) in [4.78, 5) is 133. The molecule has 0 saturated heterocycles. The highest BCUT2D eigenvalue weighted by Crippen LogP contribution is 2.13. The van der Waals surface area contributed by atoms with Crippen LogP contribution in [0.15, 0.2) is 4.99 Å². The number of carbonyl (C=O) groups is 10. The summed E-state index contributed by atoms with van der Waals surface area (Å²) < 4.78 is 0. The van der Waals surface area contributed by atoms with Gasteiger partial charge in [0.25, 0.3) is 0 Å². The van der Waals surface area contributed by atoms with E-state index in [1.54, 1.807) is 55.4 Å². The number of carbonyl (C=O) groups excluding carboxylic acids is 8. The molecule has 0 heterocycles. The van der Waals surface area contributed by atoms with E-state index in [0.717, 1.165) is 0 Å². The number of hydrogen-bond acceptors (Lipinski definition) is 12. The Morgan fingerprint density at radius 2 is 1.00 bits per heavy atom. The van der Waals surface area contributed by atoms with E-state index in [9.17, 15) is 58.2 Å². The number of carboxylic acids is 2. The highest BCUT2D eigenvalue weighted by Gasteiger charge is 2.35. The van der Waals surface area contributed by atoms with Gasteiger partial charge >= 0.3 is 11.9 Å². The van der Waals surface area contributed by atoms with E-state index < -0.39 is 133 Å². The zero-order valence-electron chi connectivity index (χ0n) is 40.7. The summed E-state index contributed by atoms with van der Waals surface area (Å²) >= 11 is 0. The van der Waals surface area contributed by atoms with Crippen LogP contribution in [0.25, 0.3) is 0 Å². The molecule has 0 saturated carbocycles. The van der Waals surface area contributed by atoms with Gasteiger partial charge < -0.3 is 69.9 Å². The summed E-state index contributed by atoms with van der Waals surface area (Å²) in [5.41, 5.74) is 16.7. The van der Waals surface area contributed by atoms with Crippen molar-refractivity contribution in [3.63, 3.8) is 0 Å². The molecule has 0 bridgehead atoms. The highest BCUT2D eigenvalue weighted by molar-refractivity contribution is 5.98. The molecule has 67 heavy (non-hydrogen) atoms. The van der Waals surface area contributed by atoms with Crippen LogP contribution in [0.4, 0.5) is 0 Å². The number of hydrogen-bond donors (Lipinski definition) is 13. The largest absolute Gasteiger partial charge is 0.481 e. The van der Waals surface area contributed by atoms with Crippen LogP contribution in [0.5, 0.6) is 0 Å². The van der Waals surface area contributed by atoms with Gasteiger partial charge in [0.2, 0.25) is 47.3 Å². The van der Waals surface area contributed by atoms with Gasteiger partial charge in [-0.05, 0) is 61.7 Å². The van der Waals surface area contributed by atoms with E-state index in [2.05, 4.69) is 47.5 Å². The molecule has 0 unspecified atom stereocenters. The third-order valence-corrected chi connectivity index (χ3v) is 10.2. The number of nitrogens with zero attached hydrogens (tertiary/aromatic N) is 1. The standard InChI is InChI=1S/C43H78N12O12/c1-11-25(10)35(55-39(63)28(16-22(4)5)51-36(60)26(44)13-12-14-47-43(45)46)41(65)53-29(18-33(58)59)38(62)52-27(15-21(2)3)37(61)48-20-32(57)54-34(24(8)9)40(64)49-19-31(56)50-30(42(66)67)17-23(6)7/h21-30,34-35H,11-20,44H2,1-10H3,(H,48,61)(H,49,64)(H,50,56)(H,51,60)(H,52,62)(H,53,65)(H,54,57)(H,55,63)(H,58,59)(H,66,67)(H4,45,46,47)/t25-,26-,27-,28-,29-,30-,34-,35-/m0/s1. The normalized spacial score (nSPS) is 14.8. The number of guanidine groups is 1. The van der Waals surface area contributed by atoms with Crippen molar-refractivity contribution in [3.8, 4) is 0 Å². The maximum atomic E-state index is 13.9. The molecule has 0 aromatic carbocycles. The second kappa shape index (κ2) is 31.0. The van der Waals surface area contributed by atoms with Gasteiger partial charge in [-0.25, -0.2) is 4.79 Å². The highest BCUT2D eigenvalue weighted by atomic mass is 16.4. The summed E-state index contributed by atoms with van der Waals surface area (Å²) in [5.74, 6) is -10.6. The van der Waals surface area contributed by atoms with Crippen molar-refractivity contribution in [2.24, 2.45) is 51.8 Å². The first-order valence-corrected chi connectivity index (χ1v) is 22.7. The Kier molecular flexibility index (Phi) is 28.2. The summed E-state index contributed by atoms with van der Waals surface area (Å²) in [5, 5.41) is 38.9. The van der Waals surface area contributed by atoms with Gasteiger partial charge in [-0.15, -0.1) is 0 Å². The molecule has 0 fully saturated rings. The summed E-state index contributed by atoms with van der Waals surface area (Å²) in [6, 6.07) is -8.82. The molecule has 0 rings (SSSR count). The summed E-state index contributed by atoms with van der Waals surface area (Å²) in [6.07, 6.45) is 0.388. The molecule has 0 aliphatic rings. The van der Waals surface area contributed by atoms with Gasteiger partial charge in [0.1, 0.15) is 36.3 Å². The van der Waals surface area contributed by atoms with Crippen molar-refractivity contribution in [2.75, 3.05) is 19.6 Å². The van der Waals surface area contributed by atoms with Gasteiger partial charge in [-0.2, -0.15) is 0 Å². The monoisotopic (exact) mass is 955 g/mol. The molecule has 0 aliphatic carbocycles. The summed E-state index contributed by atoms with van der Waals surface area (Å²) in [7, 11) is 0. The van der Waals surface area contributed by atoms with E-state index in [1.165, 1.54) is 0 Å². The quantitative estimate of drug-likeness (QED) is 0.0195. The SMILES string of the molecule is CC[C@H](C)[C@H](NC(=O)[C@H](CC(C)C)NC(=O)[C@@H](N)CCCN=C(N)N)C(=O)N[C@@H](CC(=O)O)C(=O)N[C@@H](CC(C)C)C(=O)NCC(=O)N[C@H](C(=O)NCC(=O)N[C@@H](CC(C)C)C(=O)O)C(C)C. The molecular formula is C43H78N12O12. The number of rotatable bonds is 32. The van der Waals surface area contributed by atoms with Crippen molar-refractivity contribution in [3.05, 3.63) is 0 Å². The molecule has 382 valence electrons. The Morgan fingerprint density at radius 3 is 1.48 bits per heavy atom. The van der Waals surface area contributed by atoms with Crippen molar-refractivity contribution >= 4 is 65.2 Å². The van der Waals surface area contributed by atoms with Crippen molar-refractivity contribution < 1.29 is 58.2 Å². The number of amides is 8. The minimum atomic E-state index is -1.74. The third kappa shape index (κ3) is 25.4. The molecule has 24 nitrogen and oxygen atoms in total. The van der Waals surface area contributed by atoms with Crippen LogP contribution in [0.1, 0.15) is 114 Å². The molecule has 0 aromatic rings. The topological polar surface area (TPSA) is 398 Å². The second-order valence-corrected chi connectivity index (χ2v) is 18.3. The van der Waals surface area contributed by atoms with Gasteiger partial charge in [0, 0.05) is 6.54 Å². The molecule has 8 atom stereocenters. The Labute approximate surface area is 393 Å². The van der Waals surface area contributed by atoms with Crippen LogP contribution in [0.3, 0.4) is 0 Å². The van der Waals surface area contributed by atoms with E-state index in [4.69, 9.17) is 17.2 Å². The second-order valence-electron chi connectivity index (χ2n) is 18.3. The van der Waals surface area contributed by atoms with Gasteiger partial charge in [0.15, 0.2) is 5.96 Å².